The molecule has 0 amide bonds. The van der Waals surface area contributed by atoms with Crippen LogP contribution in [0.1, 0.15) is 16.7 Å². The van der Waals surface area contributed by atoms with E-state index in [1.165, 1.54) is 21.9 Å². The minimum Gasteiger partial charge on any atom is -0.473 e. The van der Waals surface area contributed by atoms with Crippen LogP contribution in [0, 0.1) is 36.0 Å². The Morgan fingerprint density at radius 3 is 1.47 bits per heavy atom. The van der Waals surface area contributed by atoms with Crippen LogP contribution in [0.15, 0.2) is 48.5 Å². The minimum absolute atomic E-state index is 0.0133. The maximum Gasteiger partial charge on any atom is 0.161 e. The molecule has 0 bridgehead atoms. The Balaban J connectivity index is 1.34. The molecule has 0 N–H and O–H groups in total. The Morgan fingerprint density at radius 2 is 1.00 bits per heavy atom. The van der Waals surface area contributed by atoms with Gasteiger partial charge in [-0.1, -0.05) is 0 Å². The average molecular weight is 498 g/mol. The Kier molecular flexibility index (Phi) is 5.17. The average Bonchev–Trinajstić information content (AvgIpc) is 2.80. The van der Waals surface area contributed by atoms with Crippen molar-refractivity contribution >= 4 is 22.1 Å². The molecule has 0 unspecified atom stereocenters. The number of halogens is 5. The predicted molar refractivity (Wildman–Crippen MR) is 125 cm³/mol. The first kappa shape index (κ1) is 22.5. The lowest BCUT2D eigenvalue weighted by Gasteiger charge is -2.33. The van der Waals surface area contributed by atoms with E-state index in [2.05, 4.69) is 0 Å². The monoisotopic (exact) mass is 498 g/mol. The molecular weight excluding hydrogens is 479 g/mol. The van der Waals surface area contributed by atoms with Crippen molar-refractivity contribution in [2.24, 2.45) is 0 Å². The van der Waals surface area contributed by atoms with Gasteiger partial charge in [0, 0.05) is 23.3 Å². The van der Waals surface area contributed by atoms with E-state index in [1.807, 2.05) is 24.3 Å². The Hall–Kier alpha value is -4.01. The maximum atomic E-state index is 14.5. The molecule has 0 fully saturated rings. The highest BCUT2D eigenvalue weighted by atomic mass is 19.2. The third-order valence-corrected chi connectivity index (χ3v) is 6.45. The summed E-state index contributed by atoms with van der Waals surface area (Å²) in [5.74, 6) is -3.19. The van der Waals surface area contributed by atoms with E-state index in [0.717, 1.165) is 16.3 Å². The molecule has 4 nitrogen and oxygen atoms in total. The van der Waals surface area contributed by atoms with Crippen LogP contribution in [-0.2, 0) is 13.1 Å². The third kappa shape index (κ3) is 3.75. The summed E-state index contributed by atoms with van der Waals surface area (Å²) in [5.41, 5.74) is 1.39. The van der Waals surface area contributed by atoms with Crippen LogP contribution in [0.25, 0.3) is 10.8 Å². The van der Waals surface area contributed by atoms with Gasteiger partial charge in [-0.2, -0.15) is 0 Å². The highest BCUT2D eigenvalue weighted by Gasteiger charge is 2.27. The summed E-state index contributed by atoms with van der Waals surface area (Å²) in [5, 5.41) is 1.62. The first-order valence-corrected chi connectivity index (χ1v) is 11.2. The first-order chi connectivity index (χ1) is 17.3. The molecule has 2 aliphatic rings. The number of hydrogen-bond donors (Lipinski definition) is 0. The normalized spacial score (nSPS) is 14.8. The van der Waals surface area contributed by atoms with Gasteiger partial charge < -0.3 is 19.3 Å². The predicted octanol–water partition coefficient (Wildman–Crippen LogP) is 6.56. The zero-order valence-corrected chi connectivity index (χ0v) is 19.0. The third-order valence-electron chi connectivity index (χ3n) is 6.45. The maximum absolute atomic E-state index is 14.5. The van der Waals surface area contributed by atoms with E-state index >= 15 is 0 Å². The lowest BCUT2D eigenvalue weighted by molar-refractivity contribution is 0.285. The fourth-order valence-corrected chi connectivity index (χ4v) is 4.83. The van der Waals surface area contributed by atoms with E-state index in [9.17, 15) is 22.0 Å². The van der Waals surface area contributed by atoms with E-state index in [4.69, 9.17) is 9.47 Å². The van der Waals surface area contributed by atoms with Crippen LogP contribution in [0.2, 0.25) is 0 Å². The van der Waals surface area contributed by atoms with Gasteiger partial charge in [-0.05, 0) is 59.7 Å². The number of aryl methyl sites for hydroxylation is 1. The molecule has 2 heterocycles. The van der Waals surface area contributed by atoms with Crippen LogP contribution in [0.4, 0.5) is 33.3 Å². The molecule has 9 heteroatoms. The number of ether oxygens (including phenoxy) is 2. The van der Waals surface area contributed by atoms with Crippen LogP contribution >= 0.6 is 0 Å². The number of hydrogen-bond acceptors (Lipinski definition) is 4. The van der Waals surface area contributed by atoms with Gasteiger partial charge >= 0.3 is 0 Å². The lowest BCUT2D eigenvalue weighted by atomic mass is 10.0. The quantitative estimate of drug-likeness (QED) is 0.293. The number of nitrogens with zero attached hydrogens (tertiary/aromatic N) is 2. The van der Waals surface area contributed by atoms with Crippen molar-refractivity contribution in [3.05, 3.63) is 94.3 Å². The highest BCUT2D eigenvalue weighted by Crippen LogP contribution is 2.38. The van der Waals surface area contributed by atoms with Crippen molar-refractivity contribution in [2.45, 2.75) is 20.0 Å². The van der Waals surface area contributed by atoms with E-state index in [-0.39, 0.29) is 37.9 Å². The second-order valence-corrected chi connectivity index (χ2v) is 9.00. The van der Waals surface area contributed by atoms with Gasteiger partial charge in [0.25, 0.3) is 0 Å². The summed E-state index contributed by atoms with van der Waals surface area (Å²) >= 11 is 0. The standard InChI is InChI=1S/C27H19F5N2O2/c1-14-2-20(29)26(21(30)3-14)33-10-17-4-15-5-18-11-34(27-22(31)8-19(28)9-23(27)32)13-36-25(18)7-16(15)6-24(17)35-12-33/h2-9H,10-13H2,1H3. The van der Waals surface area contributed by atoms with Crippen molar-refractivity contribution in [1.29, 1.82) is 0 Å². The molecule has 184 valence electrons. The Bertz CT molecular complexity index is 1380. The van der Waals surface area contributed by atoms with Gasteiger partial charge in [0.2, 0.25) is 0 Å². The van der Waals surface area contributed by atoms with Gasteiger partial charge in [0.15, 0.2) is 25.1 Å². The van der Waals surface area contributed by atoms with E-state index in [1.54, 1.807) is 6.92 Å². The Morgan fingerprint density at radius 1 is 0.583 bits per heavy atom. The molecule has 0 aromatic heterocycles. The molecule has 0 saturated heterocycles. The highest BCUT2D eigenvalue weighted by molar-refractivity contribution is 5.88. The van der Waals surface area contributed by atoms with Gasteiger partial charge in [-0.3, -0.25) is 0 Å². The van der Waals surface area contributed by atoms with Crippen LogP contribution in [0.5, 0.6) is 11.5 Å². The topological polar surface area (TPSA) is 24.9 Å². The molecule has 0 spiro atoms. The number of fused-ring (bicyclic) bond motifs is 3. The SMILES string of the molecule is Cc1cc(F)c(N2COc3cc4cc5c(cc4cc3C2)CN(c2c(F)cc(F)cc2F)CO5)c(F)c1. The molecule has 0 radical (unpaired) electrons. The molecule has 36 heavy (non-hydrogen) atoms. The number of anilines is 2. The van der Waals surface area contributed by atoms with Gasteiger partial charge in [-0.25, -0.2) is 22.0 Å². The second-order valence-electron chi connectivity index (χ2n) is 9.00. The van der Waals surface area contributed by atoms with Crippen LogP contribution in [-0.4, -0.2) is 13.5 Å². The largest absolute Gasteiger partial charge is 0.473 e. The van der Waals surface area contributed by atoms with Crippen molar-refractivity contribution in [3.63, 3.8) is 0 Å². The summed E-state index contributed by atoms with van der Waals surface area (Å²) < 4.78 is 82.6. The van der Waals surface area contributed by atoms with Crippen molar-refractivity contribution in [1.82, 2.24) is 0 Å². The lowest BCUT2D eigenvalue weighted by Crippen LogP contribution is -2.33. The molecule has 0 saturated carbocycles. The summed E-state index contributed by atoms with van der Waals surface area (Å²) in [7, 11) is 0. The molecule has 0 aliphatic carbocycles. The van der Waals surface area contributed by atoms with Crippen LogP contribution in [0.3, 0.4) is 0 Å². The van der Waals surface area contributed by atoms with E-state index in [0.29, 0.717) is 34.8 Å². The fourth-order valence-electron chi connectivity index (χ4n) is 4.83. The zero-order valence-electron chi connectivity index (χ0n) is 19.0. The zero-order chi connectivity index (χ0) is 25.1. The summed E-state index contributed by atoms with van der Waals surface area (Å²) in [6, 6.07) is 11.2. The smallest absolute Gasteiger partial charge is 0.161 e. The van der Waals surface area contributed by atoms with Crippen molar-refractivity contribution < 1.29 is 31.4 Å². The van der Waals surface area contributed by atoms with Gasteiger partial charge in [0.1, 0.15) is 40.3 Å². The number of rotatable bonds is 2. The summed E-state index contributed by atoms with van der Waals surface area (Å²) in [6.07, 6.45) is 0. The summed E-state index contributed by atoms with van der Waals surface area (Å²) in [4.78, 5) is 2.84. The first-order valence-electron chi connectivity index (χ1n) is 11.2. The number of benzene rings is 4. The molecule has 4 aromatic rings. The van der Waals surface area contributed by atoms with Gasteiger partial charge in [0.05, 0.1) is 13.1 Å². The van der Waals surface area contributed by atoms with Crippen molar-refractivity contribution in [3.8, 4) is 11.5 Å². The van der Waals surface area contributed by atoms with E-state index < -0.39 is 29.1 Å². The fraction of sp³-hybridized carbons (Fsp3) is 0.185. The Labute approximate surface area is 203 Å². The minimum atomic E-state index is -1.01. The molecular formula is C27H19F5N2O2. The molecule has 0 atom stereocenters. The van der Waals surface area contributed by atoms with Crippen LogP contribution < -0.4 is 19.3 Å². The summed E-state index contributed by atoms with van der Waals surface area (Å²) in [6.45, 7) is 1.87. The van der Waals surface area contributed by atoms with Crippen molar-refractivity contribution in [2.75, 3.05) is 23.3 Å². The molecule has 2 aliphatic heterocycles. The van der Waals surface area contributed by atoms with Gasteiger partial charge in [-0.15, -0.1) is 0 Å². The molecule has 4 aromatic carbocycles. The second kappa shape index (κ2) is 8.29. The molecule has 6 rings (SSSR count).